The second kappa shape index (κ2) is 4.63. The topological polar surface area (TPSA) is 50.4 Å². The maximum absolute atomic E-state index is 10.6. The molecule has 0 atom stereocenters. The minimum Gasteiger partial charge on any atom is -0.478 e. The average molecular weight is 255 g/mol. The lowest BCUT2D eigenvalue weighted by atomic mass is 10.4. The number of hydrogen-bond acceptors (Lipinski definition) is 3. The van der Waals surface area contributed by atoms with Crippen LogP contribution in [0, 0.1) is 0 Å². The van der Waals surface area contributed by atoms with Gasteiger partial charge in [-0.25, -0.2) is 4.79 Å². The van der Waals surface area contributed by atoms with E-state index in [9.17, 15) is 4.79 Å². The minimum atomic E-state index is -0.994. The van der Waals surface area contributed by atoms with Crippen molar-refractivity contribution < 1.29 is 14.3 Å². The van der Waals surface area contributed by atoms with E-state index in [-0.39, 0.29) is 5.56 Å². The first kappa shape index (κ1) is 11.1. The third-order valence-electron chi connectivity index (χ3n) is 1.85. The lowest BCUT2D eigenvalue weighted by Gasteiger charge is -1.96. The van der Waals surface area contributed by atoms with Gasteiger partial charge in [-0.1, -0.05) is 23.4 Å². The van der Waals surface area contributed by atoms with Crippen LogP contribution < -0.4 is 0 Å². The summed E-state index contributed by atoms with van der Waals surface area (Å²) in [5.74, 6) is -0.994. The van der Waals surface area contributed by atoms with Crippen molar-refractivity contribution in [3.05, 3.63) is 47.2 Å². The van der Waals surface area contributed by atoms with E-state index in [0.717, 1.165) is 4.90 Å². The van der Waals surface area contributed by atoms with E-state index >= 15 is 0 Å². The van der Waals surface area contributed by atoms with Gasteiger partial charge in [0.15, 0.2) is 5.09 Å². The van der Waals surface area contributed by atoms with Crippen LogP contribution >= 0.6 is 23.4 Å². The summed E-state index contributed by atoms with van der Waals surface area (Å²) in [7, 11) is 0. The molecule has 1 heterocycles. The van der Waals surface area contributed by atoms with Gasteiger partial charge in [0.1, 0.15) is 6.26 Å². The van der Waals surface area contributed by atoms with Crippen molar-refractivity contribution in [1.82, 2.24) is 0 Å². The highest BCUT2D eigenvalue weighted by Gasteiger charge is 2.09. The Morgan fingerprint density at radius 1 is 1.31 bits per heavy atom. The van der Waals surface area contributed by atoms with E-state index in [1.54, 1.807) is 12.1 Å². The number of aromatic carboxylic acids is 1. The Balaban J connectivity index is 2.14. The summed E-state index contributed by atoms with van der Waals surface area (Å²) >= 11 is 7.10. The van der Waals surface area contributed by atoms with Gasteiger partial charge in [-0.15, -0.1) is 0 Å². The van der Waals surface area contributed by atoms with Crippen LogP contribution in [0.4, 0.5) is 0 Å². The number of carboxylic acid groups (broad SMARTS) is 1. The molecule has 0 fully saturated rings. The molecule has 0 saturated carbocycles. The first-order valence-electron chi connectivity index (χ1n) is 4.40. The van der Waals surface area contributed by atoms with Gasteiger partial charge in [0.05, 0.1) is 5.56 Å². The van der Waals surface area contributed by atoms with Crippen LogP contribution in [0.25, 0.3) is 0 Å². The molecule has 0 spiro atoms. The van der Waals surface area contributed by atoms with Gasteiger partial charge < -0.3 is 9.52 Å². The fraction of sp³-hybridized carbons (Fsp3) is 0. The molecule has 1 aromatic carbocycles. The molecule has 1 N–H and O–H groups in total. The van der Waals surface area contributed by atoms with Crippen LogP contribution in [-0.4, -0.2) is 11.1 Å². The highest BCUT2D eigenvalue weighted by molar-refractivity contribution is 7.99. The molecule has 1 aromatic heterocycles. The molecule has 16 heavy (non-hydrogen) atoms. The maximum atomic E-state index is 10.6. The maximum Gasteiger partial charge on any atom is 0.339 e. The van der Waals surface area contributed by atoms with Crippen molar-refractivity contribution >= 4 is 29.3 Å². The second-order valence-corrected chi connectivity index (χ2v) is 4.53. The van der Waals surface area contributed by atoms with Crippen molar-refractivity contribution in [3.63, 3.8) is 0 Å². The molecule has 0 aliphatic heterocycles. The Morgan fingerprint density at radius 2 is 2.00 bits per heavy atom. The van der Waals surface area contributed by atoms with Crippen LogP contribution in [0.3, 0.4) is 0 Å². The largest absolute Gasteiger partial charge is 0.478 e. The quantitative estimate of drug-likeness (QED) is 0.906. The van der Waals surface area contributed by atoms with E-state index < -0.39 is 5.97 Å². The van der Waals surface area contributed by atoms with Gasteiger partial charge in [-0.05, 0) is 24.3 Å². The van der Waals surface area contributed by atoms with Crippen LogP contribution in [0.5, 0.6) is 0 Å². The average Bonchev–Trinajstić information content (AvgIpc) is 2.70. The van der Waals surface area contributed by atoms with Gasteiger partial charge >= 0.3 is 5.97 Å². The van der Waals surface area contributed by atoms with Crippen LogP contribution in [0.15, 0.2) is 51.0 Å². The van der Waals surface area contributed by atoms with E-state index in [4.69, 9.17) is 21.1 Å². The molecule has 2 aromatic rings. The molecular formula is C11H7ClO3S. The van der Waals surface area contributed by atoms with Crippen molar-refractivity contribution in [1.29, 1.82) is 0 Å². The summed E-state index contributed by atoms with van der Waals surface area (Å²) in [4.78, 5) is 11.6. The summed E-state index contributed by atoms with van der Waals surface area (Å²) in [5, 5.41) is 9.92. The fourth-order valence-corrected chi connectivity index (χ4v) is 2.01. The molecule has 2 rings (SSSR count). The van der Waals surface area contributed by atoms with Crippen molar-refractivity contribution in [2.45, 2.75) is 9.99 Å². The standard InChI is InChI=1S/C11H7ClO3S/c12-8-1-3-9(4-2-8)16-10-5-7(6-15-10)11(13)14/h1-6H,(H,13,14). The van der Waals surface area contributed by atoms with Gasteiger partial charge in [0, 0.05) is 16.0 Å². The van der Waals surface area contributed by atoms with Gasteiger partial charge in [0.2, 0.25) is 0 Å². The molecule has 0 radical (unpaired) electrons. The number of halogens is 1. The molecule has 3 nitrogen and oxygen atoms in total. The zero-order valence-corrected chi connectivity index (χ0v) is 9.59. The SMILES string of the molecule is O=C(O)c1coc(Sc2ccc(Cl)cc2)c1. The van der Waals surface area contributed by atoms with E-state index in [1.165, 1.54) is 24.1 Å². The van der Waals surface area contributed by atoms with E-state index in [0.29, 0.717) is 10.1 Å². The number of carbonyl (C=O) groups is 1. The summed E-state index contributed by atoms with van der Waals surface area (Å²) in [6.45, 7) is 0. The van der Waals surface area contributed by atoms with Crippen LogP contribution in [0.1, 0.15) is 10.4 Å². The molecular weight excluding hydrogens is 248 g/mol. The number of furan rings is 1. The molecule has 0 unspecified atom stereocenters. The number of hydrogen-bond donors (Lipinski definition) is 1. The van der Waals surface area contributed by atoms with E-state index in [2.05, 4.69) is 0 Å². The predicted octanol–water partition coefficient (Wildman–Crippen LogP) is 3.78. The lowest BCUT2D eigenvalue weighted by Crippen LogP contribution is -1.91. The van der Waals surface area contributed by atoms with Gasteiger partial charge in [-0.2, -0.15) is 0 Å². The Labute approximate surface area is 101 Å². The zero-order chi connectivity index (χ0) is 11.5. The number of benzene rings is 1. The Bertz CT molecular complexity index is 504. The first-order chi connectivity index (χ1) is 7.65. The summed E-state index contributed by atoms with van der Waals surface area (Å²) in [6, 6.07) is 8.71. The normalized spacial score (nSPS) is 10.3. The fourth-order valence-electron chi connectivity index (χ4n) is 1.10. The van der Waals surface area contributed by atoms with E-state index in [1.807, 2.05) is 12.1 Å². The Morgan fingerprint density at radius 3 is 2.56 bits per heavy atom. The summed E-state index contributed by atoms with van der Waals surface area (Å²) in [6.07, 6.45) is 1.22. The second-order valence-electron chi connectivity index (χ2n) is 3.02. The third-order valence-corrected chi connectivity index (χ3v) is 3.03. The van der Waals surface area contributed by atoms with Crippen molar-refractivity contribution in [2.75, 3.05) is 0 Å². The zero-order valence-electron chi connectivity index (χ0n) is 8.01. The summed E-state index contributed by atoms with van der Waals surface area (Å²) < 4.78 is 5.11. The molecule has 82 valence electrons. The highest BCUT2D eigenvalue weighted by atomic mass is 35.5. The smallest absolute Gasteiger partial charge is 0.339 e. The lowest BCUT2D eigenvalue weighted by molar-refractivity contribution is 0.0696. The van der Waals surface area contributed by atoms with Crippen LogP contribution in [-0.2, 0) is 0 Å². The summed E-state index contributed by atoms with van der Waals surface area (Å²) in [5.41, 5.74) is 0.150. The van der Waals surface area contributed by atoms with Gasteiger partial charge in [0.25, 0.3) is 0 Å². The van der Waals surface area contributed by atoms with Gasteiger partial charge in [-0.3, -0.25) is 0 Å². The minimum absolute atomic E-state index is 0.150. The van der Waals surface area contributed by atoms with Crippen LogP contribution in [0.2, 0.25) is 5.02 Å². The molecule has 0 aliphatic rings. The molecule has 0 amide bonds. The van der Waals surface area contributed by atoms with Crippen molar-refractivity contribution in [3.8, 4) is 0 Å². The molecule has 0 aliphatic carbocycles. The monoisotopic (exact) mass is 254 g/mol. The number of carboxylic acids is 1. The molecule has 0 saturated heterocycles. The molecule has 0 bridgehead atoms. The van der Waals surface area contributed by atoms with Crippen molar-refractivity contribution in [2.24, 2.45) is 0 Å². The predicted molar refractivity (Wildman–Crippen MR) is 61.2 cm³/mol. The highest BCUT2D eigenvalue weighted by Crippen LogP contribution is 2.29. The first-order valence-corrected chi connectivity index (χ1v) is 5.60. The molecule has 5 heteroatoms. The Kier molecular flexibility index (Phi) is 3.22. The Hall–Kier alpha value is -1.39. The number of rotatable bonds is 3. The third kappa shape index (κ3) is 2.59.